The van der Waals surface area contributed by atoms with Crippen LogP contribution in [0.25, 0.3) is 0 Å². The van der Waals surface area contributed by atoms with Crippen LogP contribution >= 0.6 is 0 Å². The Kier molecular flexibility index (Phi) is 3.38. The molecule has 0 aliphatic heterocycles. The van der Waals surface area contributed by atoms with E-state index >= 15 is 0 Å². The predicted molar refractivity (Wildman–Crippen MR) is 45.5 cm³/mol. The van der Waals surface area contributed by atoms with Crippen LogP contribution in [-0.4, -0.2) is 17.4 Å². The first-order valence-corrected chi connectivity index (χ1v) is 2.61. The second kappa shape index (κ2) is 3.55. The third kappa shape index (κ3) is 2.55. The zero-order valence-corrected chi connectivity index (χ0v) is 4.89. The van der Waals surface area contributed by atoms with E-state index < -0.39 is 0 Å². The fourth-order valence-electron chi connectivity index (χ4n) is 0.566. The minimum atomic E-state index is 0. The van der Waals surface area contributed by atoms with Gasteiger partial charge in [0.25, 0.3) is 0 Å². The average Bonchev–Trinajstić information content (AvgIpc) is 1.77. The van der Waals surface area contributed by atoms with Crippen molar-refractivity contribution in [1.29, 1.82) is 0 Å². The summed E-state index contributed by atoms with van der Waals surface area (Å²) in [6.45, 7) is 2.04. The number of hydrogen-bond donors (Lipinski definition) is 1. The van der Waals surface area contributed by atoms with Crippen LogP contribution in [0.2, 0.25) is 0 Å². The van der Waals surface area contributed by atoms with Gasteiger partial charge in [-0.1, -0.05) is 17.7 Å². The van der Waals surface area contributed by atoms with Crippen LogP contribution in [0.1, 0.15) is 5.56 Å². The molecule has 0 unspecified atom stereocenters. The molecule has 0 saturated heterocycles. The molecule has 9 heavy (non-hydrogen) atoms. The summed E-state index contributed by atoms with van der Waals surface area (Å²) in [5, 5.41) is 0. The number of rotatable bonds is 0. The smallest absolute Gasteiger partial charge is 0.187 e. The summed E-state index contributed by atoms with van der Waals surface area (Å²) < 4.78 is 0. The molecule has 0 spiro atoms. The molecule has 1 nitrogen and oxygen atoms in total. The first-order valence-electron chi connectivity index (χ1n) is 2.61. The Morgan fingerprint density at radius 3 is 1.89 bits per heavy atom. The summed E-state index contributed by atoms with van der Waals surface area (Å²) in [5.41, 5.74) is 7.51. The summed E-state index contributed by atoms with van der Waals surface area (Å²) in [7, 11) is 0. The van der Waals surface area contributed by atoms with Crippen molar-refractivity contribution in [3.8, 4) is 0 Å². The highest BCUT2D eigenvalue weighted by Gasteiger charge is 1.80. The van der Waals surface area contributed by atoms with Crippen molar-refractivity contribution in [2.24, 2.45) is 0 Å². The molecule has 2 heteroatoms. The molecule has 0 radical (unpaired) electrons. The fourth-order valence-corrected chi connectivity index (χ4v) is 0.566. The standard InChI is InChI=1S/C7H9N.Al.3H/c1-6-2-4-7(8)5-3-6;;;;/h2-5H,8H2,1H3;;;;. The third-order valence-corrected chi connectivity index (χ3v) is 1.08. The summed E-state index contributed by atoms with van der Waals surface area (Å²) in [5.74, 6) is 0. The molecule has 1 rings (SSSR count). The SMILES string of the molecule is Cc1ccc(N)cc1.[AlH3]. The Morgan fingerprint density at radius 1 is 1.11 bits per heavy atom. The number of nitrogens with two attached hydrogens (primary N) is 1. The molecule has 0 atom stereocenters. The third-order valence-electron chi connectivity index (χ3n) is 1.08. The second-order valence-corrected chi connectivity index (χ2v) is 1.91. The van der Waals surface area contributed by atoms with Gasteiger partial charge in [0.2, 0.25) is 0 Å². The van der Waals surface area contributed by atoms with E-state index in [1.165, 1.54) is 5.56 Å². The van der Waals surface area contributed by atoms with E-state index in [2.05, 4.69) is 0 Å². The van der Waals surface area contributed by atoms with Crippen LogP contribution in [0.5, 0.6) is 0 Å². The average molecular weight is 137 g/mol. The van der Waals surface area contributed by atoms with Gasteiger partial charge in [-0.15, -0.1) is 0 Å². The van der Waals surface area contributed by atoms with Crippen molar-refractivity contribution in [3.05, 3.63) is 29.8 Å². The zero-order chi connectivity index (χ0) is 5.98. The Labute approximate surface area is 66.0 Å². The maximum atomic E-state index is 5.43. The van der Waals surface area contributed by atoms with Gasteiger partial charge in [0.15, 0.2) is 17.4 Å². The lowest BCUT2D eigenvalue weighted by Gasteiger charge is -1.90. The number of benzene rings is 1. The van der Waals surface area contributed by atoms with Crippen molar-refractivity contribution in [2.75, 3.05) is 5.73 Å². The normalized spacial score (nSPS) is 8.11. The number of anilines is 1. The Bertz CT molecular complexity index is 148. The van der Waals surface area contributed by atoms with Gasteiger partial charge in [0.05, 0.1) is 0 Å². The zero-order valence-electron chi connectivity index (χ0n) is 4.89. The minimum Gasteiger partial charge on any atom is -0.399 e. The van der Waals surface area contributed by atoms with Crippen LogP contribution in [0.3, 0.4) is 0 Å². The first-order chi connectivity index (χ1) is 3.79. The maximum absolute atomic E-state index is 5.43. The van der Waals surface area contributed by atoms with Crippen LogP contribution in [0.4, 0.5) is 5.69 Å². The van der Waals surface area contributed by atoms with Gasteiger partial charge in [0.1, 0.15) is 0 Å². The topological polar surface area (TPSA) is 26.0 Å². The van der Waals surface area contributed by atoms with Crippen molar-refractivity contribution < 1.29 is 0 Å². The Hall–Kier alpha value is -0.448. The lowest BCUT2D eigenvalue weighted by Crippen LogP contribution is -1.81. The van der Waals surface area contributed by atoms with Crippen molar-refractivity contribution in [2.45, 2.75) is 6.92 Å². The number of nitrogen functional groups attached to an aromatic ring is 1. The lowest BCUT2D eigenvalue weighted by atomic mass is 10.2. The van der Waals surface area contributed by atoms with Crippen molar-refractivity contribution in [1.82, 2.24) is 0 Å². The Morgan fingerprint density at radius 2 is 1.56 bits per heavy atom. The van der Waals surface area contributed by atoms with Crippen LogP contribution in [-0.2, 0) is 0 Å². The van der Waals surface area contributed by atoms with E-state index in [-0.39, 0.29) is 17.4 Å². The van der Waals surface area contributed by atoms with Gasteiger partial charge in [-0.2, -0.15) is 0 Å². The monoisotopic (exact) mass is 137 g/mol. The molecule has 0 bridgehead atoms. The summed E-state index contributed by atoms with van der Waals surface area (Å²) in [6, 6.07) is 7.79. The molecule has 0 heterocycles. The molecular weight excluding hydrogens is 125 g/mol. The molecule has 0 aromatic heterocycles. The highest BCUT2D eigenvalue weighted by atomic mass is 27.0. The molecule has 48 valence electrons. The molecule has 0 saturated carbocycles. The van der Waals surface area contributed by atoms with Crippen LogP contribution < -0.4 is 5.73 Å². The lowest BCUT2D eigenvalue weighted by molar-refractivity contribution is 1.47. The molecule has 0 aliphatic carbocycles. The second-order valence-electron chi connectivity index (χ2n) is 1.91. The van der Waals surface area contributed by atoms with E-state index in [0.29, 0.717) is 0 Å². The molecule has 1 aromatic carbocycles. The van der Waals surface area contributed by atoms with Crippen LogP contribution in [0.15, 0.2) is 24.3 Å². The Balaban J connectivity index is 0.000000640. The first kappa shape index (κ1) is 8.55. The van der Waals surface area contributed by atoms with Crippen LogP contribution in [0, 0.1) is 6.92 Å². The largest absolute Gasteiger partial charge is 0.399 e. The molecule has 0 amide bonds. The van der Waals surface area contributed by atoms with E-state index in [0.717, 1.165) is 5.69 Å². The van der Waals surface area contributed by atoms with Gasteiger partial charge in [0, 0.05) is 5.69 Å². The van der Waals surface area contributed by atoms with Crippen molar-refractivity contribution in [3.63, 3.8) is 0 Å². The minimum absolute atomic E-state index is 0. The summed E-state index contributed by atoms with van der Waals surface area (Å²) in [6.07, 6.45) is 0. The summed E-state index contributed by atoms with van der Waals surface area (Å²) in [4.78, 5) is 0. The quantitative estimate of drug-likeness (QED) is 0.406. The number of aryl methyl sites for hydroxylation is 1. The maximum Gasteiger partial charge on any atom is 0.187 e. The van der Waals surface area contributed by atoms with Gasteiger partial charge >= 0.3 is 0 Å². The molecule has 1 aromatic rings. The molecule has 2 N–H and O–H groups in total. The molecule has 0 fully saturated rings. The molecular formula is C7H12AlN. The van der Waals surface area contributed by atoms with Gasteiger partial charge < -0.3 is 5.73 Å². The highest BCUT2D eigenvalue weighted by Crippen LogP contribution is 2.02. The van der Waals surface area contributed by atoms with Gasteiger partial charge in [-0.3, -0.25) is 0 Å². The summed E-state index contributed by atoms with van der Waals surface area (Å²) >= 11 is 0. The van der Waals surface area contributed by atoms with Crippen molar-refractivity contribution >= 4 is 23.0 Å². The van der Waals surface area contributed by atoms with E-state index in [4.69, 9.17) is 5.73 Å². The van der Waals surface area contributed by atoms with Gasteiger partial charge in [-0.25, -0.2) is 0 Å². The molecule has 0 aliphatic rings. The van der Waals surface area contributed by atoms with E-state index in [9.17, 15) is 0 Å². The van der Waals surface area contributed by atoms with E-state index in [1.807, 2.05) is 31.2 Å². The van der Waals surface area contributed by atoms with Gasteiger partial charge in [-0.05, 0) is 19.1 Å². The predicted octanol–water partition coefficient (Wildman–Crippen LogP) is 0.393. The van der Waals surface area contributed by atoms with E-state index in [1.54, 1.807) is 0 Å². The fraction of sp³-hybridized carbons (Fsp3) is 0.143. The number of hydrogen-bond acceptors (Lipinski definition) is 1. The highest BCUT2D eigenvalue weighted by molar-refractivity contribution is 5.75.